The molecule has 0 radical (unpaired) electrons. The van der Waals surface area contributed by atoms with Crippen LogP contribution in [-0.2, 0) is 4.79 Å². The van der Waals surface area contributed by atoms with Gasteiger partial charge in [0.15, 0.2) is 0 Å². The van der Waals surface area contributed by atoms with E-state index in [0.29, 0.717) is 12.1 Å². The number of nitrogens with zero attached hydrogens (tertiary/aromatic N) is 2. The van der Waals surface area contributed by atoms with Gasteiger partial charge in [-0.1, -0.05) is 6.42 Å². The van der Waals surface area contributed by atoms with E-state index < -0.39 is 0 Å². The largest absolute Gasteiger partial charge is 0.337 e. The zero-order chi connectivity index (χ0) is 11.5. The highest BCUT2D eigenvalue weighted by atomic mass is 35.5. The van der Waals surface area contributed by atoms with Crippen molar-refractivity contribution in [2.24, 2.45) is 0 Å². The van der Waals surface area contributed by atoms with E-state index in [-0.39, 0.29) is 11.8 Å². The van der Waals surface area contributed by atoms with E-state index in [2.05, 4.69) is 11.9 Å². The van der Waals surface area contributed by atoms with E-state index in [4.69, 9.17) is 11.6 Å². The van der Waals surface area contributed by atoms with E-state index in [1.807, 2.05) is 4.90 Å². The summed E-state index contributed by atoms with van der Waals surface area (Å²) < 4.78 is 0. The zero-order valence-corrected chi connectivity index (χ0v) is 10.7. The standard InChI is InChI=1S/C12H21ClN2O/c1-14-7-3-2-4-11(14)9-15(10-5-6-10)12(16)8-13/h10-11H,2-9H2,1H3/t11-/m1/s1. The highest BCUT2D eigenvalue weighted by Crippen LogP contribution is 2.28. The molecule has 1 saturated heterocycles. The smallest absolute Gasteiger partial charge is 0.237 e. The average Bonchev–Trinajstić information content (AvgIpc) is 3.11. The molecule has 3 nitrogen and oxygen atoms in total. The molecule has 92 valence electrons. The number of piperidine rings is 1. The molecule has 1 heterocycles. The molecule has 1 aliphatic carbocycles. The Bertz CT molecular complexity index is 255. The average molecular weight is 245 g/mol. The molecule has 2 fully saturated rings. The minimum atomic E-state index is 0.114. The van der Waals surface area contributed by atoms with E-state index in [0.717, 1.165) is 13.1 Å². The van der Waals surface area contributed by atoms with Crippen molar-refractivity contribution in [3.8, 4) is 0 Å². The minimum absolute atomic E-state index is 0.114. The fourth-order valence-electron chi connectivity index (χ4n) is 2.52. The predicted molar refractivity (Wildman–Crippen MR) is 65.7 cm³/mol. The Morgan fingerprint density at radius 3 is 2.69 bits per heavy atom. The van der Waals surface area contributed by atoms with Crippen LogP contribution in [0.15, 0.2) is 0 Å². The molecule has 1 saturated carbocycles. The molecule has 16 heavy (non-hydrogen) atoms. The summed E-state index contributed by atoms with van der Waals surface area (Å²) in [6.07, 6.45) is 6.13. The van der Waals surface area contributed by atoms with Crippen LogP contribution in [0.1, 0.15) is 32.1 Å². The normalized spacial score (nSPS) is 26.8. The molecule has 1 amide bonds. The minimum Gasteiger partial charge on any atom is -0.337 e. The highest BCUT2D eigenvalue weighted by molar-refractivity contribution is 6.27. The van der Waals surface area contributed by atoms with Crippen LogP contribution in [0.25, 0.3) is 0 Å². The Kier molecular flexibility index (Phi) is 4.09. The second kappa shape index (κ2) is 5.37. The molecule has 0 N–H and O–H groups in total. The SMILES string of the molecule is CN1CCCC[C@@H]1CN(C(=O)CCl)C1CC1. The lowest BCUT2D eigenvalue weighted by molar-refractivity contribution is -0.130. The third kappa shape index (κ3) is 2.89. The van der Waals surface area contributed by atoms with Crippen LogP contribution >= 0.6 is 11.6 Å². The quantitative estimate of drug-likeness (QED) is 0.703. The van der Waals surface area contributed by atoms with Gasteiger partial charge < -0.3 is 9.80 Å². The lowest BCUT2D eigenvalue weighted by Crippen LogP contribution is -2.47. The van der Waals surface area contributed by atoms with Crippen LogP contribution in [0.5, 0.6) is 0 Å². The fraction of sp³-hybridized carbons (Fsp3) is 0.917. The third-order valence-corrected chi connectivity index (χ3v) is 3.98. The van der Waals surface area contributed by atoms with Gasteiger partial charge in [0.2, 0.25) is 5.91 Å². The summed E-state index contributed by atoms with van der Waals surface area (Å²) in [5.41, 5.74) is 0. The topological polar surface area (TPSA) is 23.6 Å². The van der Waals surface area contributed by atoms with Gasteiger partial charge in [0.25, 0.3) is 0 Å². The number of hydrogen-bond donors (Lipinski definition) is 0. The van der Waals surface area contributed by atoms with E-state index in [1.54, 1.807) is 0 Å². The second-order valence-electron chi connectivity index (χ2n) is 5.04. The van der Waals surface area contributed by atoms with Gasteiger partial charge in [-0.15, -0.1) is 11.6 Å². The van der Waals surface area contributed by atoms with Crippen LogP contribution in [0.4, 0.5) is 0 Å². The Morgan fingerprint density at radius 2 is 2.12 bits per heavy atom. The maximum atomic E-state index is 11.7. The van der Waals surface area contributed by atoms with Gasteiger partial charge in [0.05, 0.1) is 0 Å². The Morgan fingerprint density at radius 1 is 1.38 bits per heavy atom. The van der Waals surface area contributed by atoms with Crippen molar-refractivity contribution in [2.75, 3.05) is 26.0 Å². The molecular formula is C12H21ClN2O. The van der Waals surface area contributed by atoms with Crippen molar-refractivity contribution >= 4 is 17.5 Å². The second-order valence-corrected chi connectivity index (χ2v) is 5.31. The van der Waals surface area contributed by atoms with Crippen LogP contribution in [0.2, 0.25) is 0 Å². The number of likely N-dealkylation sites (tertiary alicyclic amines) is 1. The number of amides is 1. The van der Waals surface area contributed by atoms with Gasteiger partial charge in [-0.05, 0) is 39.3 Å². The summed E-state index contributed by atoms with van der Waals surface area (Å²) in [4.78, 5) is 16.2. The van der Waals surface area contributed by atoms with Crippen molar-refractivity contribution in [3.63, 3.8) is 0 Å². The van der Waals surface area contributed by atoms with Gasteiger partial charge in [-0.25, -0.2) is 0 Å². The molecule has 0 aromatic carbocycles. The summed E-state index contributed by atoms with van der Waals surface area (Å²) in [6, 6.07) is 1.03. The molecule has 1 aliphatic heterocycles. The summed E-state index contributed by atoms with van der Waals surface area (Å²) in [5, 5.41) is 0. The lowest BCUT2D eigenvalue weighted by atomic mass is 10.0. The number of rotatable bonds is 4. The van der Waals surface area contributed by atoms with Crippen LogP contribution in [0, 0.1) is 0 Å². The molecule has 0 aromatic heterocycles. The monoisotopic (exact) mass is 244 g/mol. The van der Waals surface area contributed by atoms with Crippen LogP contribution < -0.4 is 0 Å². The molecule has 1 atom stereocenters. The molecule has 0 aromatic rings. The Balaban J connectivity index is 1.91. The molecule has 0 bridgehead atoms. The van der Waals surface area contributed by atoms with Crippen molar-refractivity contribution in [1.29, 1.82) is 0 Å². The first-order valence-corrected chi connectivity index (χ1v) is 6.81. The highest BCUT2D eigenvalue weighted by Gasteiger charge is 2.34. The first-order valence-electron chi connectivity index (χ1n) is 6.28. The Hall–Kier alpha value is -0.280. The lowest BCUT2D eigenvalue weighted by Gasteiger charge is -2.36. The molecule has 2 rings (SSSR count). The van der Waals surface area contributed by atoms with Crippen LogP contribution in [0.3, 0.4) is 0 Å². The van der Waals surface area contributed by atoms with Crippen molar-refractivity contribution in [2.45, 2.75) is 44.2 Å². The summed E-state index contributed by atoms with van der Waals surface area (Å²) in [5.74, 6) is 0.246. The van der Waals surface area contributed by atoms with Gasteiger partial charge in [0.1, 0.15) is 5.88 Å². The van der Waals surface area contributed by atoms with Crippen LogP contribution in [-0.4, -0.2) is 53.8 Å². The first-order chi connectivity index (χ1) is 7.72. The predicted octanol–water partition coefficient (Wildman–Crippen LogP) is 1.70. The van der Waals surface area contributed by atoms with Gasteiger partial charge in [0, 0.05) is 18.6 Å². The summed E-state index contributed by atoms with van der Waals surface area (Å²) >= 11 is 5.67. The maximum absolute atomic E-state index is 11.7. The molecule has 4 heteroatoms. The first kappa shape index (κ1) is 12.2. The number of hydrogen-bond acceptors (Lipinski definition) is 2. The number of likely N-dealkylation sites (N-methyl/N-ethyl adjacent to an activating group) is 1. The van der Waals surface area contributed by atoms with E-state index >= 15 is 0 Å². The van der Waals surface area contributed by atoms with Gasteiger partial charge >= 0.3 is 0 Å². The summed E-state index contributed by atoms with van der Waals surface area (Å²) in [7, 11) is 2.17. The number of halogens is 1. The van der Waals surface area contributed by atoms with Gasteiger partial charge in [-0.3, -0.25) is 4.79 Å². The van der Waals surface area contributed by atoms with Crippen molar-refractivity contribution < 1.29 is 4.79 Å². The molecule has 0 spiro atoms. The number of carbonyl (C=O) groups is 1. The zero-order valence-electron chi connectivity index (χ0n) is 9.99. The molecule has 0 unspecified atom stereocenters. The fourth-order valence-corrected chi connectivity index (χ4v) is 2.67. The van der Waals surface area contributed by atoms with E-state index in [9.17, 15) is 4.79 Å². The molecular weight excluding hydrogens is 224 g/mol. The van der Waals surface area contributed by atoms with E-state index in [1.165, 1.54) is 32.1 Å². The maximum Gasteiger partial charge on any atom is 0.237 e. The Labute approximate surface area is 103 Å². The van der Waals surface area contributed by atoms with Crippen molar-refractivity contribution in [3.05, 3.63) is 0 Å². The van der Waals surface area contributed by atoms with Crippen molar-refractivity contribution in [1.82, 2.24) is 9.80 Å². The molecule has 2 aliphatic rings. The number of carbonyl (C=O) groups excluding carboxylic acids is 1. The third-order valence-electron chi connectivity index (χ3n) is 3.75. The van der Waals surface area contributed by atoms with Gasteiger partial charge in [-0.2, -0.15) is 0 Å². The number of alkyl halides is 1. The summed E-state index contributed by atoms with van der Waals surface area (Å²) in [6.45, 7) is 2.05.